The first-order chi connectivity index (χ1) is 34.6. The Labute approximate surface area is 417 Å². The zero-order chi connectivity index (χ0) is 51.5. The number of nitrogens with zero attached hydrogens (tertiary/aromatic N) is 4. The maximum atomic E-state index is 15.1. The zero-order valence-electron chi connectivity index (χ0n) is 40.3. The van der Waals surface area contributed by atoms with Crippen LogP contribution in [0.15, 0.2) is 89.9 Å². The summed E-state index contributed by atoms with van der Waals surface area (Å²) < 4.78 is 0. The Balaban J connectivity index is 1.28. The Bertz CT molecular complexity index is 2540. The first-order valence-electron chi connectivity index (χ1n) is 24.5. The van der Waals surface area contributed by atoms with Gasteiger partial charge in [-0.05, 0) is 67.7 Å². The van der Waals surface area contributed by atoms with Crippen molar-refractivity contribution in [2.75, 3.05) is 19.6 Å². The molecule has 21 nitrogen and oxygen atoms in total. The third kappa shape index (κ3) is 12.9. The highest BCUT2D eigenvalue weighted by atomic mass is 16.2. The van der Waals surface area contributed by atoms with Crippen molar-refractivity contribution in [1.29, 1.82) is 0 Å². The van der Waals surface area contributed by atoms with Gasteiger partial charge in [-0.3, -0.25) is 48.1 Å². The lowest BCUT2D eigenvalue weighted by Crippen LogP contribution is -2.62. The number of primary amides is 1. The molecule has 3 aromatic rings. The quantitative estimate of drug-likeness (QED) is 0.0678. The Hall–Kier alpha value is -7.84. The molecule has 11 N–H and O–H groups in total. The highest BCUT2D eigenvalue weighted by Crippen LogP contribution is 2.28. The van der Waals surface area contributed by atoms with Crippen LogP contribution in [-0.2, 0) is 69.0 Å². The first-order valence-corrected chi connectivity index (χ1v) is 24.5. The molecule has 0 saturated carbocycles. The molecule has 3 aromatic carbocycles. The van der Waals surface area contributed by atoms with Crippen LogP contribution >= 0.6 is 0 Å². The van der Waals surface area contributed by atoms with Gasteiger partial charge in [0.1, 0.15) is 48.3 Å². The summed E-state index contributed by atoms with van der Waals surface area (Å²) >= 11 is 0. The van der Waals surface area contributed by atoms with Crippen molar-refractivity contribution in [1.82, 2.24) is 41.3 Å². The van der Waals surface area contributed by atoms with Gasteiger partial charge in [-0.15, -0.1) is 0 Å². The number of hydrogen-bond donors (Lipinski definition) is 8. The van der Waals surface area contributed by atoms with Crippen LogP contribution in [0.3, 0.4) is 0 Å². The van der Waals surface area contributed by atoms with Crippen molar-refractivity contribution in [2.24, 2.45) is 22.2 Å². The number of fused-ring (bicyclic) bond motifs is 4. The summed E-state index contributed by atoms with van der Waals surface area (Å²) in [5.74, 6) is -6.64. The molecule has 382 valence electrons. The number of amides is 9. The lowest BCUT2D eigenvalue weighted by Gasteiger charge is -2.39. The largest absolute Gasteiger partial charge is 0.370 e. The van der Waals surface area contributed by atoms with Gasteiger partial charge in [0.2, 0.25) is 53.2 Å². The van der Waals surface area contributed by atoms with Crippen molar-refractivity contribution in [3.63, 3.8) is 0 Å². The molecule has 0 spiro atoms. The summed E-state index contributed by atoms with van der Waals surface area (Å²) in [4.78, 5) is 137. The van der Waals surface area contributed by atoms with Crippen molar-refractivity contribution in [3.05, 3.63) is 107 Å². The van der Waals surface area contributed by atoms with E-state index in [4.69, 9.17) is 17.2 Å². The Morgan fingerprint density at radius 3 is 1.71 bits per heavy atom. The molecule has 9 amide bonds. The second-order valence-electron chi connectivity index (χ2n) is 18.8. The van der Waals surface area contributed by atoms with E-state index >= 15 is 4.79 Å². The van der Waals surface area contributed by atoms with Gasteiger partial charge >= 0.3 is 0 Å². The highest BCUT2D eigenvalue weighted by molar-refractivity contribution is 6.00. The van der Waals surface area contributed by atoms with Gasteiger partial charge in [0.25, 0.3) is 0 Å². The maximum Gasteiger partial charge on any atom is 0.246 e. The van der Waals surface area contributed by atoms with Crippen LogP contribution in [0.25, 0.3) is 0 Å². The second-order valence-corrected chi connectivity index (χ2v) is 18.8. The summed E-state index contributed by atoms with van der Waals surface area (Å²) in [5, 5.41) is 13.6. The van der Waals surface area contributed by atoms with Crippen molar-refractivity contribution in [2.45, 2.75) is 126 Å². The maximum absolute atomic E-state index is 15.1. The lowest BCUT2D eigenvalue weighted by molar-refractivity contribution is -0.149. The molecule has 3 saturated heterocycles. The number of nitrogens with two attached hydrogens (primary N) is 3. The molecule has 0 aromatic heterocycles. The second kappa shape index (κ2) is 23.8. The summed E-state index contributed by atoms with van der Waals surface area (Å²) in [6, 6.07) is 14.9. The van der Waals surface area contributed by atoms with E-state index in [1.165, 1.54) is 21.6 Å². The fourth-order valence-corrected chi connectivity index (χ4v) is 9.94. The number of carbonyl (C=O) groups is 9. The molecule has 4 aliphatic rings. The molecule has 0 radical (unpaired) electrons. The number of carbonyl (C=O) groups excluding carboxylic acids is 9. The number of aliphatic imine (C=N–C) groups is 1. The molecule has 7 rings (SSSR count). The summed E-state index contributed by atoms with van der Waals surface area (Å²) in [6.45, 7) is 1.84. The number of guanidine groups is 1. The normalized spacial score (nSPS) is 25.8. The van der Waals surface area contributed by atoms with E-state index in [2.05, 4.69) is 31.6 Å². The minimum absolute atomic E-state index is 0.0230. The molecule has 1 unspecified atom stereocenters. The third-order valence-corrected chi connectivity index (χ3v) is 13.7. The van der Waals surface area contributed by atoms with E-state index in [9.17, 15) is 38.4 Å². The van der Waals surface area contributed by atoms with Crippen LogP contribution in [0.2, 0.25) is 0 Å². The van der Waals surface area contributed by atoms with Crippen LogP contribution in [-0.4, -0.2) is 142 Å². The first kappa shape index (κ1) is 52.0. The highest BCUT2D eigenvalue weighted by Gasteiger charge is 2.46. The smallest absolute Gasteiger partial charge is 0.246 e. The van der Waals surface area contributed by atoms with Gasteiger partial charge in [0, 0.05) is 45.4 Å². The minimum atomic E-state index is -1.62. The van der Waals surface area contributed by atoms with E-state index < -0.39 is 108 Å². The average Bonchev–Trinajstić information content (AvgIpc) is 4.07. The van der Waals surface area contributed by atoms with Crippen LogP contribution < -0.4 is 43.8 Å². The van der Waals surface area contributed by atoms with Gasteiger partial charge in [-0.2, -0.15) is 0 Å². The van der Waals surface area contributed by atoms with Gasteiger partial charge < -0.3 is 58.5 Å². The van der Waals surface area contributed by atoms with Crippen molar-refractivity contribution in [3.8, 4) is 0 Å². The fraction of sp³-hybridized carbons (Fsp3) is 0.451. The molecule has 0 bridgehead atoms. The number of hydrogen-bond acceptors (Lipinski definition) is 10. The number of nitrogens with one attached hydrogen (secondary N) is 5. The van der Waals surface area contributed by atoms with E-state index in [-0.39, 0.29) is 70.7 Å². The summed E-state index contributed by atoms with van der Waals surface area (Å²) in [7, 11) is 0. The van der Waals surface area contributed by atoms with Crippen LogP contribution in [0.4, 0.5) is 0 Å². The predicted octanol–water partition coefficient (Wildman–Crippen LogP) is -1.21. The predicted molar refractivity (Wildman–Crippen MR) is 263 cm³/mol. The van der Waals surface area contributed by atoms with Gasteiger partial charge in [-0.1, -0.05) is 84.9 Å². The fourth-order valence-electron chi connectivity index (χ4n) is 9.94. The molecule has 72 heavy (non-hydrogen) atoms. The van der Waals surface area contributed by atoms with Gasteiger partial charge in [-0.25, -0.2) is 0 Å². The Morgan fingerprint density at radius 1 is 0.556 bits per heavy atom. The van der Waals surface area contributed by atoms with E-state index in [0.29, 0.717) is 30.4 Å². The molecule has 21 heteroatoms. The number of rotatable bonds is 10. The lowest BCUT2D eigenvalue weighted by atomic mass is 9.92. The van der Waals surface area contributed by atoms with Gasteiger partial charge in [0.05, 0.1) is 6.42 Å². The van der Waals surface area contributed by atoms with E-state index in [1.54, 1.807) is 72.8 Å². The Morgan fingerprint density at radius 2 is 1.07 bits per heavy atom. The minimum Gasteiger partial charge on any atom is -0.370 e. The van der Waals surface area contributed by atoms with Gasteiger partial charge in [0.15, 0.2) is 5.96 Å². The SMILES string of the molecule is C[C@@H]1NC(=O)[C@H](CC(N)=O)NC(=O)[C@H](Cc2ccccc2)NC(=O)C2Cc3ccccc3CN2C(=O)[C@H](CCCN=C(N)N)NC(=O)[C@@H]2CCCN2C(=O)[C@H]2CCCN2C(=O)[C@H](Cc2ccccc2)NC1=O. The van der Waals surface area contributed by atoms with Crippen molar-refractivity contribution < 1.29 is 43.2 Å². The number of benzene rings is 3. The van der Waals surface area contributed by atoms with E-state index in [1.807, 2.05) is 12.1 Å². The molecule has 0 aliphatic carbocycles. The standard InChI is InChI=1S/C51H64N12O9/c1-30-43(65)60-38(26-32-15-6-3-7-16-32)49(71)62-24-12-21-40(62)50(72)61-23-11-20-39(61)46(68)57-35(19-10-22-55-51(53)54)48(70)63-29-34-18-9-8-17-33(34)27-41(63)47(69)59-36(25-31-13-4-2-5-14-31)45(67)58-37(28-42(52)64)44(66)56-30/h2-9,13-18,30,35-41H,10-12,19-29H2,1H3,(H2,52,64)(H,56,66)(H,57,68)(H,58,67)(H,59,69)(H,60,65)(H4,53,54,55)/t30-,35-,36-,37-,38-,39-,40+,41?/m0/s1. The average molecular weight is 989 g/mol. The summed E-state index contributed by atoms with van der Waals surface area (Å²) in [5.41, 5.74) is 19.7. The monoisotopic (exact) mass is 988 g/mol. The molecule has 3 fully saturated rings. The van der Waals surface area contributed by atoms with Crippen molar-refractivity contribution >= 4 is 59.1 Å². The summed E-state index contributed by atoms with van der Waals surface area (Å²) in [6.07, 6.45) is 1.04. The molecular formula is C51H64N12O9. The molecule has 4 aliphatic heterocycles. The van der Waals surface area contributed by atoms with Crippen LogP contribution in [0.1, 0.15) is 74.1 Å². The zero-order valence-corrected chi connectivity index (χ0v) is 40.3. The topological polar surface area (TPSA) is 314 Å². The Kier molecular flexibility index (Phi) is 17.2. The van der Waals surface area contributed by atoms with E-state index in [0.717, 1.165) is 11.1 Å². The molecule has 8 atom stereocenters. The van der Waals surface area contributed by atoms with Crippen LogP contribution in [0.5, 0.6) is 0 Å². The van der Waals surface area contributed by atoms with Crippen LogP contribution in [0, 0.1) is 0 Å². The molecular weight excluding hydrogens is 925 g/mol. The third-order valence-electron chi connectivity index (χ3n) is 13.7. The molecule has 4 heterocycles.